The molecule has 1 atom stereocenters. The second-order valence-electron chi connectivity index (χ2n) is 3.18. The summed E-state index contributed by atoms with van der Waals surface area (Å²) in [5, 5.41) is 1.34. The van der Waals surface area contributed by atoms with Crippen LogP contribution in [0.4, 0.5) is 0 Å². The van der Waals surface area contributed by atoms with Crippen molar-refractivity contribution in [3.63, 3.8) is 0 Å². The summed E-state index contributed by atoms with van der Waals surface area (Å²) in [5.41, 5.74) is 0. The zero-order valence-corrected chi connectivity index (χ0v) is 9.42. The van der Waals surface area contributed by atoms with Gasteiger partial charge >= 0.3 is 0 Å². The van der Waals surface area contributed by atoms with Crippen LogP contribution in [0.2, 0.25) is 0 Å². The van der Waals surface area contributed by atoms with E-state index < -0.39 is 8.15 Å². The fourth-order valence-electron chi connectivity index (χ4n) is 1.17. The summed E-state index contributed by atoms with van der Waals surface area (Å²) in [6.07, 6.45) is 1.42. The molecule has 13 heavy (non-hydrogen) atoms. The van der Waals surface area contributed by atoms with E-state index in [-0.39, 0.29) is 0 Å². The summed E-state index contributed by atoms with van der Waals surface area (Å²) < 4.78 is 5.85. The van der Waals surface area contributed by atoms with E-state index >= 15 is 0 Å². The molecule has 1 unspecified atom stereocenters. The minimum Gasteiger partial charge on any atom is -0.352 e. The van der Waals surface area contributed by atoms with Crippen molar-refractivity contribution in [1.29, 1.82) is 0 Å². The van der Waals surface area contributed by atoms with Crippen LogP contribution in [0.5, 0.6) is 0 Å². The Balaban J connectivity index is 2.67. The molecule has 0 saturated heterocycles. The lowest BCUT2D eigenvalue weighted by molar-refractivity contribution is 0.274. The molecule has 0 aromatic heterocycles. The van der Waals surface area contributed by atoms with Gasteiger partial charge in [0, 0.05) is 5.30 Å². The Morgan fingerprint density at radius 2 is 1.85 bits per heavy atom. The molecule has 0 saturated carbocycles. The Labute approximate surface area is 82.0 Å². The van der Waals surface area contributed by atoms with E-state index in [9.17, 15) is 0 Å². The Bertz CT molecular complexity index is 233. The van der Waals surface area contributed by atoms with Crippen molar-refractivity contribution in [2.24, 2.45) is 0 Å². The maximum absolute atomic E-state index is 5.85. The zero-order chi connectivity index (χ0) is 9.68. The molecule has 1 rings (SSSR count). The molecule has 1 aromatic carbocycles. The van der Waals surface area contributed by atoms with Crippen molar-refractivity contribution in [3.05, 3.63) is 30.3 Å². The number of hydrogen-bond donors (Lipinski definition) is 0. The summed E-state index contributed by atoms with van der Waals surface area (Å²) in [6, 6.07) is 10.5. The van der Waals surface area contributed by atoms with Crippen LogP contribution in [0, 0.1) is 0 Å². The third-order valence-corrected chi connectivity index (χ3v) is 3.79. The van der Waals surface area contributed by atoms with Crippen molar-refractivity contribution < 1.29 is 4.52 Å². The van der Waals surface area contributed by atoms with Gasteiger partial charge in [0.15, 0.2) is 0 Å². The van der Waals surface area contributed by atoms with Gasteiger partial charge in [0.1, 0.15) is 0 Å². The summed E-state index contributed by atoms with van der Waals surface area (Å²) in [6.45, 7) is 6.36. The van der Waals surface area contributed by atoms with Gasteiger partial charge in [-0.3, -0.25) is 0 Å². The van der Waals surface area contributed by atoms with Crippen LogP contribution in [0.15, 0.2) is 30.3 Å². The lowest BCUT2D eigenvalue weighted by atomic mass is 10.4. The fourth-order valence-corrected chi connectivity index (χ4v) is 2.82. The molecular formula is C11H17OP. The quantitative estimate of drug-likeness (QED) is 0.672. The molecule has 2 heteroatoms. The minimum absolute atomic E-state index is 0.325. The Hall–Kier alpha value is -0.390. The smallest absolute Gasteiger partial charge is 0.0604 e. The molecule has 0 radical (unpaired) electrons. The van der Waals surface area contributed by atoms with Crippen molar-refractivity contribution in [3.8, 4) is 0 Å². The standard InChI is InChI=1S/C11H17OP/c1-4-13(12-10(2)3)11-8-6-5-7-9-11/h5-10H,4H2,1-3H3. The highest BCUT2D eigenvalue weighted by Crippen LogP contribution is 2.36. The Kier molecular flexibility index (Phi) is 4.41. The lowest BCUT2D eigenvalue weighted by Crippen LogP contribution is -2.08. The molecule has 0 aliphatic rings. The number of rotatable bonds is 4. The number of hydrogen-bond acceptors (Lipinski definition) is 1. The molecule has 0 heterocycles. The van der Waals surface area contributed by atoms with Gasteiger partial charge in [0.05, 0.1) is 14.3 Å². The second kappa shape index (κ2) is 5.36. The highest BCUT2D eigenvalue weighted by atomic mass is 31.1. The molecule has 0 fully saturated rings. The largest absolute Gasteiger partial charge is 0.352 e. The van der Waals surface area contributed by atoms with Gasteiger partial charge in [0.25, 0.3) is 0 Å². The van der Waals surface area contributed by atoms with E-state index in [4.69, 9.17) is 4.52 Å². The average molecular weight is 196 g/mol. The van der Waals surface area contributed by atoms with Crippen LogP contribution in [0.25, 0.3) is 0 Å². The predicted molar refractivity (Wildman–Crippen MR) is 59.8 cm³/mol. The molecule has 0 bridgehead atoms. The molecule has 1 aromatic rings. The van der Waals surface area contributed by atoms with Gasteiger partial charge in [0.2, 0.25) is 0 Å². The molecule has 72 valence electrons. The van der Waals surface area contributed by atoms with Crippen LogP contribution >= 0.6 is 8.15 Å². The Morgan fingerprint density at radius 3 is 2.31 bits per heavy atom. The molecule has 0 aliphatic carbocycles. The van der Waals surface area contributed by atoms with Crippen molar-refractivity contribution in [2.45, 2.75) is 26.9 Å². The molecule has 0 amide bonds. The van der Waals surface area contributed by atoms with Crippen molar-refractivity contribution >= 4 is 13.5 Å². The third kappa shape index (κ3) is 3.46. The van der Waals surface area contributed by atoms with E-state index in [1.165, 1.54) is 5.30 Å². The van der Waals surface area contributed by atoms with Gasteiger partial charge in [-0.25, -0.2) is 0 Å². The predicted octanol–water partition coefficient (Wildman–Crippen LogP) is 3.15. The van der Waals surface area contributed by atoms with Crippen LogP contribution in [0.1, 0.15) is 20.8 Å². The maximum atomic E-state index is 5.85. The summed E-state index contributed by atoms with van der Waals surface area (Å²) in [5.74, 6) is 0. The van der Waals surface area contributed by atoms with Gasteiger partial charge in [-0.2, -0.15) is 0 Å². The molecule has 0 aliphatic heterocycles. The monoisotopic (exact) mass is 196 g/mol. The first-order valence-electron chi connectivity index (χ1n) is 4.73. The normalized spacial score (nSPS) is 13.2. The van der Waals surface area contributed by atoms with Crippen LogP contribution < -0.4 is 5.30 Å². The zero-order valence-electron chi connectivity index (χ0n) is 8.53. The lowest BCUT2D eigenvalue weighted by Gasteiger charge is -2.18. The van der Waals surface area contributed by atoms with Crippen LogP contribution in [-0.2, 0) is 4.52 Å². The first kappa shape index (κ1) is 10.7. The van der Waals surface area contributed by atoms with Crippen LogP contribution in [0.3, 0.4) is 0 Å². The second-order valence-corrected chi connectivity index (χ2v) is 5.30. The Morgan fingerprint density at radius 1 is 1.23 bits per heavy atom. The maximum Gasteiger partial charge on any atom is 0.0604 e. The molecule has 0 spiro atoms. The minimum atomic E-state index is -0.393. The number of benzene rings is 1. The first-order chi connectivity index (χ1) is 6.24. The van der Waals surface area contributed by atoms with Gasteiger partial charge in [-0.1, -0.05) is 37.3 Å². The van der Waals surface area contributed by atoms with Gasteiger partial charge in [-0.15, -0.1) is 0 Å². The highest BCUT2D eigenvalue weighted by molar-refractivity contribution is 7.60. The van der Waals surface area contributed by atoms with E-state index in [1.54, 1.807) is 0 Å². The van der Waals surface area contributed by atoms with E-state index in [2.05, 4.69) is 45.0 Å². The van der Waals surface area contributed by atoms with E-state index in [0.29, 0.717) is 6.10 Å². The first-order valence-corrected chi connectivity index (χ1v) is 6.18. The SMILES string of the molecule is CCP(OC(C)C)c1ccccc1. The van der Waals surface area contributed by atoms with Crippen molar-refractivity contribution in [2.75, 3.05) is 6.16 Å². The molecule has 1 nitrogen and oxygen atoms in total. The van der Waals surface area contributed by atoms with Crippen LogP contribution in [-0.4, -0.2) is 12.3 Å². The molecular weight excluding hydrogens is 179 g/mol. The summed E-state index contributed by atoms with van der Waals surface area (Å²) >= 11 is 0. The molecule has 0 N–H and O–H groups in total. The topological polar surface area (TPSA) is 9.23 Å². The third-order valence-electron chi connectivity index (χ3n) is 1.67. The van der Waals surface area contributed by atoms with E-state index in [0.717, 1.165) is 6.16 Å². The fraction of sp³-hybridized carbons (Fsp3) is 0.455. The summed E-state index contributed by atoms with van der Waals surface area (Å²) in [4.78, 5) is 0. The van der Waals surface area contributed by atoms with Crippen molar-refractivity contribution in [1.82, 2.24) is 0 Å². The van der Waals surface area contributed by atoms with Gasteiger partial charge in [-0.05, 0) is 20.0 Å². The van der Waals surface area contributed by atoms with E-state index in [1.807, 2.05) is 6.07 Å². The highest BCUT2D eigenvalue weighted by Gasteiger charge is 2.10. The average Bonchev–Trinajstić information content (AvgIpc) is 2.15. The van der Waals surface area contributed by atoms with Gasteiger partial charge < -0.3 is 4.52 Å². The summed E-state index contributed by atoms with van der Waals surface area (Å²) in [7, 11) is -0.393.